The molecule has 0 aromatic rings. The van der Waals surface area contributed by atoms with Crippen LogP contribution < -0.4 is 5.32 Å². The average molecular weight is 341 g/mol. The van der Waals surface area contributed by atoms with E-state index >= 15 is 0 Å². The van der Waals surface area contributed by atoms with Crippen LogP contribution in [0.5, 0.6) is 0 Å². The van der Waals surface area contributed by atoms with Gasteiger partial charge in [0.15, 0.2) is 6.29 Å². The van der Waals surface area contributed by atoms with Crippen LogP contribution in [0.25, 0.3) is 0 Å². The van der Waals surface area contributed by atoms with Crippen LogP contribution in [0.4, 0.5) is 0 Å². The number of aliphatic carboxylic acids is 1. The molecule has 5 atom stereocenters. The fraction of sp³-hybridized carbons (Fsp3) is 0.846. The van der Waals surface area contributed by atoms with Crippen molar-refractivity contribution in [3.8, 4) is 0 Å². The lowest BCUT2D eigenvalue weighted by Crippen LogP contribution is -2.46. The van der Waals surface area contributed by atoms with Gasteiger partial charge in [-0.15, -0.1) is 0 Å². The third-order valence-corrected chi connectivity index (χ3v) is 2.78. The second kappa shape index (κ2) is 14.5. The Hall–Kier alpha value is -1.14. The maximum atomic E-state index is 10.4. The number of nitrogens with one attached hydrogen (secondary N) is 1. The van der Waals surface area contributed by atoms with Gasteiger partial charge in [-0.05, 0) is 19.4 Å². The summed E-state index contributed by atoms with van der Waals surface area (Å²) in [6.45, 7) is 1.79. The first-order chi connectivity index (χ1) is 10.8. The molecule has 0 saturated heterocycles. The fourth-order valence-electron chi connectivity index (χ4n) is 1.38. The standard InChI is InChI=1S/C7H15NO3.C6H12O6/c1-2-4-8-6(3-5-9)7(10)11;7-1-3(9)5(11)6(12)4(10)2-8/h6,8-9H,2-5H2,1H3,(H,10,11);1,3-6,8-12H,2H2/t6-;3-,4+,5+,6+/m00/s1. The minimum atomic E-state index is -1.79. The highest BCUT2D eigenvalue weighted by molar-refractivity contribution is 5.73. The molecule has 138 valence electrons. The van der Waals surface area contributed by atoms with Crippen molar-refractivity contribution in [2.75, 3.05) is 19.8 Å². The van der Waals surface area contributed by atoms with Crippen molar-refractivity contribution in [3.05, 3.63) is 0 Å². The Kier molecular flexibility index (Phi) is 15.2. The molecule has 0 aliphatic carbocycles. The summed E-state index contributed by atoms with van der Waals surface area (Å²) in [6, 6.07) is -0.597. The van der Waals surface area contributed by atoms with Gasteiger partial charge >= 0.3 is 5.97 Å². The van der Waals surface area contributed by atoms with Crippen LogP contribution in [0.3, 0.4) is 0 Å². The Morgan fingerprint density at radius 1 is 1.13 bits per heavy atom. The van der Waals surface area contributed by atoms with Gasteiger partial charge in [0, 0.05) is 6.61 Å². The quantitative estimate of drug-likeness (QED) is 0.175. The summed E-state index contributed by atoms with van der Waals surface area (Å²) >= 11 is 0. The Bertz CT molecular complexity index is 316. The highest BCUT2D eigenvalue weighted by Crippen LogP contribution is 2.02. The largest absolute Gasteiger partial charge is 0.480 e. The number of carboxylic acid groups (broad SMARTS) is 1. The number of carboxylic acids is 1. The van der Waals surface area contributed by atoms with Crippen LogP contribution in [0.15, 0.2) is 0 Å². The maximum Gasteiger partial charge on any atom is 0.320 e. The first-order valence-electron chi connectivity index (χ1n) is 7.12. The van der Waals surface area contributed by atoms with Gasteiger partial charge in [0.05, 0.1) is 6.61 Å². The summed E-state index contributed by atoms with van der Waals surface area (Å²) < 4.78 is 0. The van der Waals surface area contributed by atoms with Gasteiger partial charge in [-0.25, -0.2) is 0 Å². The highest BCUT2D eigenvalue weighted by atomic mass is 16.4. The number of hydrogen-bond acceptors (Lipinski definition) is 9. The lowest BCUT2D eigenvalue weighted by Gasteiger charge is -2.22. The molecule has 0 bridgehead atoms. The van der Waals surface area contributed by atoms with Crippen molar-refractivity contribution < 1.29 is 45.3 Å². The molecule has 0 fully saturated rings. The zero-order chi connectivity index (χ0) is 18.4. The van der Waals surface area contributed by atoms with E-state index in [0.717, 1.165) is 6.42 Å². The van der Waals surface area contributed by atoms with Crippen molar-refractivity contribution in [2.45, 2.75) is 50.2 Å². The van der Waals surface area contributed by atoms with Crippen LogP contribution in [0.1, 0.15) is 19.8 Å². The number of carbonyl (C=O) groups excluding carboxylic acids is 1. The lowest BCUT2D eigenvalue weighted by atomic mass is 10.0. The van der Waals surface area contributed by atoms with E-state index in [-0.39, 0.29) is 19.3 Å². The first kappa shape index (κ1) is 24.1. The molecule has 0 amide bonds. The van der Waals surface area contributed by atoms with Crippen molar-refractivity contribution in [3.63, 3.8) is 0 Å². The molecule has 0 heterocycles. The molecule has 0 aliphatic rings. The molecular weight excluding hydrogens is 314 g/mol. The number of aldehydes is 1. The van der Waals surface area contributed by atoms with Gasteiger partial charge in [-0.3, -0.25) is 4.79 Å². The summed E-state index contributed by atoms with van der Waals surface area (Å²) in [5, 5.41) is 63.4. The van der Waals surface area contributed by atoms with Crippen LogP contribution >= 0.6 is 0 Å². The summed E-state index contributed by atoms with van der Waals surface area (Å²) in [5.74, 6) is -0.896. The fourth-order valence-corrected chi connectivity index (χ4v) is 1.38. The molecule has 0 aromatic heterocycles. The number of aliphatic hydroxyl groups excluding tert-OH is 6. The second-order valence-electron chi connectivity index (χ2n) is 4.72. The molecule has 0 saturated carbocycles. The third-order valence-electron chi connectivity index (χ3n) is 2.78. The topological polar surface area (TPSA) is 188 Å². The van der Waals surface area contributed by atoms with E-state index in [0.29, 0.717) is 6.54 Å². The lowest BCUT2D eigenvalue weighted by molar-refractivity contribution is -0.140. The maximum absolute atomic E-state index is 10.4. The van der Waals surface area contributed by atoms with E-state index in [1.165, 1.54) is 0 Å². The minimum Gasteiger partial charge on any atom is -0.480 e. The van der Waals surface area contributed by atoms with Crippen LogP contribution in [-0.2, 0) is 9.59 Å². The molecule has 0 rings (SSSR count). The monoisotopic (exact) mass is 341 g/mol. The molecule has 0 aromatic carbocycles. The van der Waals surface area contributed by atoms with Crippen molar-refractivity contribution in [1.29, 1.82) is 0 Å². The highest BCUT2D eigenvalue weighted by Gasteiger charge is 2.29. The summed E-state index contributed by atoms with van der Waals surface area (Å²) in [5.41, 5.74) is 0. The molecule has 10 heteroatoms. The number of rotatable bonds is 11. The van der Waals surface area contributed by atoms with Gasteiger partial charge in [-0.2, -0.15) is 0 Å². The summed E-state index contributed by atoms with van der Waals surface area (Å²) in [4.78, 5) is 20.3. The molecule has 0 radical (unpaired) electrons. The van der Waals surface area contributed by atoms with Crippen molar-refractivity contribution in [1.82, 2.24) is 5.32 Å². The Morgan fingerprint density at radius 2 is 1.70 bits per heavy atom. The minimum absolute atomic E-state index is 0.0258. The molecule has 0 spiro atoms. The third kappa shape index (κ3) is 11.1. The second-order valence-corrected chi connectivity index (χ2v) is 4.72. The van der Waals surface area contributed by atoms with Gasteiger partial charge in [0.1, 0.15) is 30.5 Å². The number of carbonyl (C=O) groups is 2. The van der Waals surface area contributed by atoms with Gasteiger partial charge in [0.25, 0.3) is 0 Å². The van der Waals surface area contributed by atoms with E-state index < -0.39 is 43.0 Å². The van der Waals surface area contributed by atoms with Gasteiger partial charge in [0.2, 0.25) is 0 Å². The van der Waals surface area contributed by atoms with Gasteiger partial charge in [-0.1, -0.05) is 6.92 Å². The zero-order valence-corrected chi connectivity index (χ0v) is 12.9. The number of aliphatic hydroxyl groups is 6. The molecule has 23 heavy (non-hydrogen) atoms. The van der Waals surface area contributed by atoms with Crippen LogP contribution in [0, 0.1) is 0 Å². The molecular formula is C13H27NO9. The Labute approximate surface area is 134 Å². The van der Waals surface area contributed by atoms with E-state index in [1.54, 1.807) is 0 Å². The Balaban J connectivity index is 0. The predicted octanol–water partition coefficient (Wildman–Crippen LogP) is -3.56. The first-order valence-corrected chi connectivity index (χ1v) is 7.12. The molecule has 10 nitrogen and oxygen atoms in total. The molecule has 0 aliphatic heterocycles. The van der Waals surface area contributed by atoms with E-state index in [9.17, 15) is 9.59 Å². The van der Waals surface area contributed by atoms with Crippen molar-refractivity contribution in [2.24, 2.45) is 0 Å². The predicted molar refractivity (Wildman–Crippen MR) is 78.6 cm³/mol. The smallest absolute Gasteiger partial charge is 0.320 e. The summed E-state index contributed by atoms with van der Waals surface area (Å²) in [6.07, 6.45) is -5.67. The number of hydrogen-bond donors (Lipinski definition) is 8. The summed E-state index contributed by atoms with van der Waals surface area (Å²) in [7, 11) is 0. The zero-order valence-electron chi connectivity index (χ0n) is 12.9. The average Bonchev–Trinajstić information content (AvgIpc) is 2.55. The van der Waals surface area contributed by atoms with Crippen LogP contribution in [0.2, 0.25) is 0 Å². The van der Waals surface area contributed by atoms with Crippen molar-refractivity contribution >= 4 is 12.3 Å². The molecule has 0 unspecified atom stereocenters. The normalized spacial score (nSPS) is 17.2. The SMILES string of the molecule is CCCN[C@@H](CCO)C(=O)O.O=C[C@H](O)[C@@H](O)[C@H](O)[C@H](O)CO. The Morgan fingerprint density at radius 3 is 2.04 bits per heavy atom. The molecule has 8 N–H and O–H groups in total. The van der Waals surface area contributed by atoms with Crippen LogP contribution in [-0.4, -0.2) is 98.2 Å². The van der Waals surface area contributed by atoms with E-state index in [1.807, 2.05) is 6.92 Å². The van der Waals surface area contributed by atoms with E-state index in [2.05, 4.69) is 5.32 Å². The van der Waals surface area contributed by atoms with E-state index in [4.69, 9.17) is 35.7 Å². The van der Waals surface area contributed by atoms with Gasteiger partial charge < -0.3 is 45.9 Å².